The third kappa shape index (κ3) is 9.58. The number of guanidine groups is 1. The lowest BCUT2D eigenvalue weighted by atomic mass is 10.1. The fourth-order valence-electron chi connectivity index (χ4n) is 2.03. The van der Waals surface area contributed by atoms with Gasteiger partial charge in [-0.25, -0.2) is 0 Å². The molecule has 1 rings (SSSR count). The molecular weight excluding hydrogens is 437 g/mol. The molecule has 0 bridgehead atoms. The molecule has 1 unspecified atom stereocenters. The summed E-state index contributed by atoms with van der Waals surface area (Å²) in [6.07, 6.45) is 3.82. The molecule has 1 aromatic rings. The lowest BCUT2D eigenvalue weighted by Gasteiger charge is -2.13. The molecule has 0 spiro atoms. The molecule has 0 radical (unpaired) electrons. The van der Waals surface area contributed by atoms with Crippen LogP contribution in [0.1, 0.15) is 31.4 Å². The van der Waals surface area contributed by atoms with Crippen molar-refractivity contribution in [3.05, 3.63) is 29.8 Å². The van der Waals surface area contributed by atoms with Crippen LogP contribution >= 0.6 is 35.7 Å². The second-order valence-corrected chi connectivity index (χ2v) is 6.12. The average molecular weight is 467 g/mol. The molecule has 0 amide bonds. The van der Waals surface area contributed by atoms with Gasteiger partial charge in [-0.1, -0.05) is 12.1 Å². The van der Waals surface area contributed by atoms with Gasteiger partial charge in [0, 0.05) is 13.1 Å². The zero-order valence-electron chi connectivity index (χ0n) is 14.7. The number of nitrogens with zero attached hydrogens (tertiary/aromatic N) is 1. The Labute approximate surface area is 167 Å². The molecule has 7 heteroatoms. The van der Waals surface area contributed by atoms with E-state index in [0.717, 1.165) is 36.8 Å². The van der Waals surface area contributed by atoms with Gasteiger partial charge in [0.15, 0.2) is 5.96 Å². The standard InChI is InChI=1S/C17H29N3O2S.HI/c1-4-18-17(19-11-5-6-12-23-3)20-13-16(21)14-7-9-15(22-2)10-8-14;/h7-10,16,21H,4-6,11-13H2,1-3H3,(H2,18,19,20);1H. The second kappa shape index (κ2) is 14.7. The highest BCUT2D eigenvalue weighted by Gasteiger charge is 2.07. The minimum atomic E-state index is -0.618. The molecule has 138 valence electrons. The number of benzene rings is 1. The summed E-state index contributed by atoms with van der Waals surface area (Å²) in [5.41, 5.74) is 0.838. The van der Waals surface area contributed by atoms with Gasteiger partial charge in [-0.05, 0) is 49.5 Å². The molecule has 0 heterocycles. The number of hydrogen-bond donors (Lipinski definition) is 3. The fourth-order valence-corrected chi connectivity index (χ4v) is 2.52. The van der Waals surface area contributed by atoms with Gasteiger partial charge in [0.25, 0.3) is 0 Å². The third-order valence-electron chi connectivity index (χ3n) is 3.33. The summed E-state index contributed by atoms with van der Waals surface area (Å²) < 4.78 is 5.12. The first-order valence-electron chi connectivity index (χ1n) is 8.04. The first-order chi connectivity index (χ1) is 11.2. The monoisotopic (exact) mass is 467 g/mol. The number of unbranched alkanes of at least 4 members (excludes halogenated alkanes) is 1. The topological polar surface area (TPSA) is 65.9 Å². The molecule has 0 aliphatic rings. The molecule has 3 N–H and O–H groups in total. The molecule has 1 atom stereocenters. The SMILES string of the molecule is CCNC(=NCC(O)c1ccc(OC)cc1)NCCCCSC.I. The van der Waals surface area contributed by atoms with Crippen molar-refractivity contribution in [1.82, 2.24) is 10.6 Å². The number of rotatable bonds is 10. The second-order valence-electron chi connectivity index (χ2n) is 5.14. The Kier molecular flexibility index (Phi) is 14.2. The number of nitrogens with one attached hydrogen (secondary N) is 2. The quantitative estimate of drug-likeness (QED) is 0.214. The maximum absolute atomic E-state index is 10.2. The Balaban J connectivity index is 0.00000529. The van der Waals surface area contributed by atoms with Crippen LogP contribution in [-0.2, 0) is 0 Å². The van der Waals surface area contributed by atoms with Crippen LogP contribution in [0.25, 0.3) is 0 Å². The molecule has 0 aliphatic carbocycles. The van der Waals surface area contributed by atoms with Crippen molar-refractivity contribution < 1.29 is 9.84 Å². The lowest BCUT2D eigenvalue weighted by Crippen LogP contribution is -2.38. The van der Waals surface area contributed by atoms with Crippen LogP contribution in [-0.4, -0.2) is 49.8 Å². The van der Waals surface area contributed by atoms with Crippen LogP contribution < -0.4 is 15.4 Å². The molecule has 5 nitrogen and oxygen atoms in total. The number of halogens is 1. The first kappa shape index (κ1) is 23.3. The van der Waals surface area contributed by atoms with Crippen LogP contribution in [0, 0.1) is 0 Å². The van der Waals surface area contributed by atoms with Crippen molar-refractivity contribution in [3.8, 4) is 5.75 Å². The van der Waals surface area contributed by atoms with Gasteiger partial charge < -0.3 is 20.5 Å². The van der Waals surface area contributed by atoms with Gasteiger partial charge in [0.05, 0.1) is 19.8 Å². The number of aliphatic imine (C=N–C) groups is 1. The summed E-state index contributed by atoms with van der Waals surface area (Å²) in [7, 11) is 1.63. The Morgan fingerprint density at radius 2 is 1.96 bits per heavy atom. The Hall–Kier alpha value is -0.670. The van der Waals surface area contributed by atoms with E-state index in [-0.39, 0.29) is 24.0 Å². The molecule has 0 saturated heterocycles. The van der Waals surface area contributed by atoms with Gasteiger partial charge >= 0.3 is 0 Å². The normalized spacial score (nSPS) is 12.2. The molecule has 0 saturated carbocycles. The Morgan fingerprint density at radius 3 is 2.54 bits per heavy atom. The van der Waals surface area contributed by atoms with E-state index in [0.29, 0.717) is 6.54 Å². The summed E-state index contributed by atoms with van der Waals surface area (Å²) in [6, 6.07) is 7.42. The van der Waals surface area contributed by atoms with Crippen LogP contribution in [0.15, 0.2) is 29.3 Å². The molecule has 0 aliphatic heterocycles. The van der Waals surface area contributed by atoms with E-state index in [4.69, 9.17) is 4.74 Å². The van der Waals surface area contributed by atoms with Crippen LogP contribution in [0.5, 0.6) is 5.75 Å². The number of aliphatic hydroxyl groups is 1. The van der Waals surface area contributed by atoms with Gasteiger partial charge in [-0.2, -0.15) is 11.8 Å². The number of aliphatic hydroxyl groups excluding tert-OH is 1. The van der Waals surface area contributed by atoms with Crippen LogP contribution in [0.2, 0.25) is 0 Å². The molecule has 0 fully saturated rings. The van der Waals surface area contributed by atoms with Crippen molar-refractivity contribution in [2.24, 2.45) is 4.99 Å². The fraction of sp³-hybridized carbons (Fsp3) is 0.588. The van der Waals surface area contributed by atoms with Crippen molar-refractivity contribution in [1.29, 1.82) is 0 Å². The number of thioether (sulfide) groups is 1. The highest BCUT2D eigenvalue weighted by atomic mass is 127. The highest BCUT2D eigenvalue weighted by Crippen LogP contribution is 2.17. The van der Waals surface area contributed by atoms with Crippen LogP contribution in [0.4, 0.5) is 0 Å². The molecule has 1 aromatic carbocycles. The largest absolute Gasteiger partial charge is 0.497 e. The van der Waals surface area contributed by atoms with E-state index in [2.05, 4.69) is 21.9 Å². The van der Waals surface area contributed by atoms with Gasteiger partial charge in [-0.15, -0.1) is 24.0 Å². The molecular formula is C17H30IN3O2S. The zero-order valence-corrected chi connectivity index (χ0v) is 17.9. The predicted molar refractivity (Wildman–Crippen MR) is 115 cm³/mol. The highest BCUT2D eigenvalue weighted by molar-refractivity contribution is 14.0. The average Bonchev–Trinajstić information content (AvgIpc) is 2.59. The van der Waals surface area contributed by atoms with Crippen molar-refractivity contribution in [2.75, 3.05) is 38.8 Å². The van der Waals surface area contributed by atoms with E-state index >= 15 is 0 Å². The maximum Gasteiger partial charge on any atom is 0.191 e. The van der Waals surface area contributed by atoms with Crippen molar-refractivity contribution >= 4 is 41.7 Å². The molecule has 0 aromatic heterocycles. The summed E-state index contributed by atoms with van der Waals surface area (Å²) in [5, 5.41) is 16.7. The number of methoxy groups -OCH3 is 1. The zero-order chi connectivity index (χ0) is 16.9. The third-order valence-corrected chi connectivity index (χ3v) is 4.03. The van der Waals surface area contributed by atoms with E-state index < -0.39 is 6.10 Å². The smallest absolute Gasteiger partial charge is 0.191 e. The van der Waals surface area contributed by atoms with Crippen molar-refractivity contribution in [3.63, 3.8) is 0 Å². The van der Waals surface area contributed by atoms with E-state index in [9.17, 15) is 5.11 Å². The minimum Gasteiger partial charge on any atom is -0.497 e. The van der Waals surface area contributed by atoms with Gasteiger partial charge in [0.2, 0.25) is 0 Å². The Morgan fingerprint density at radius 1 is 1.25 bits per heavy atom. The van der Waals surface area contributed by atoms with E-state index in [1.165, 1.54) is 12.2 Å². The summed E-state index contributed by atoms with van der Waals surface area (Å²) >= 11 is 1.87. The molecule has 24 heavy (non-hydrogen) atoms. The maximum atomic E-state index is 10.2. The van der Waals surface area contributed by atoms with Gasteiger partial charge in [0.1, 0.15) is 5.75 Å². The summed E-state index contributed by atoms with van der Waals surface area (Å²) in [5.74, 6) is 2.72. The van der Waals surface area contributed by atoms with E-state index in [1.54, 1.807) is 7.11 Å². The van der Waals surface area contributed by atoms with Crippen LogP contribution in [0.3, 0.4) is 0 Å². The lowest BCUT2D eigenvalue weighted by molar-refractivity contribution is 0.187. The van der Waals surface area contributed by atoms with E-state index in [1.807, 2.05) is 43.0 Å². The number of ether oxygens (including phenoxy) is 1. The summed E-state index contributed by atoms with van der Waals surface area (Å²) in [6.45, 7) is 4.05. The minimum absolute atomic E-state index is 0. The van der Waals surface area contributed by atoms with Gasteiger partial charge in [-0.3, -0.25) is 4.99 Å². The Bertz CT molecular complexity index is 458. The predicted octanol–water partition coefficient (Wildman–Crippen LogP) is 3.04. The number of hydrogen-bond acceptors (Lipinski definition) is 4. The first-order valence-corrected chi connectivity index (χ1v) is 9.43. The summed E-state index contributed by atoms with van der Waals surface area (Å²) in [4.78, 5) is 4.46. The van der Waals surface area contributed by atoms with Crippen molar-refractivity contribution in [2.45, 2.75) is 25.9 Å².